The Bertz CT molecular complexity index is 1420. The van der Waals surface area contributed by atoms with Crippen LogP contribution in [0.25, 0.3) is 16.9 Å². The van der Waals surface area contributed by atoms with Gasteiger partial charge in [0.05, 0.1) is 17.5 Å². The summed E-state index contributed by atoms with van der Waals surface area (Å²) in [6.45, 7) is 1.83. The monoisotopic (exact) mass is 448 g/mol. The number of hydrogen-bond donors (Lipinski definition) is 1. The number of rotatable bonds is 5. The highest BCUT2D eigenvalue weighted by Crippen LogP contribution is 2.44. The first-order valence-electron chi connectivity index (χ1n) is 10.8. The zero-order valence-electron chi connectivity index (χ0n) is 18.3. The lowest BCUT2D eigenvalue weighted by molar-refractivity contribution is -0.117. The standard InChI is InChI=1S/C27H20N4O3/c1-17-23-24(26(32)21(16-28)27(33)29-18-10-4-2-5-11-18)30-31(19-12-6-3-7-13-19)25(23)20-14-8-9-15-22(20)34-17/h2-15,17,21H,1H3,(H,29,33). The average Bonchev–Trinajstić information content (AvgIpc) is 3.27. The number of carbonyl (C=O) groups is 2. The van der Waals surface area contributed by atoms with Crippen molar-refractivity contribution in [3.05, 3.63) is 96.2 Å². The molecule has 3 aromatic carbocycles. The van der Waals surface area contributed by atoms with E-state index in [1.807, 2.05) is 73.7 Å². The van der Waals surface area contributed by atoms with E-state index in [4.69, 9.17) is 4.74 Å². The van der Waals surface area contributed by atoms with Crippen molar-refractivity contribution in [3.8, 4) is 28.8 Å². The molecule has 1 aliphatic rings. The van der Waals surface area contributed by atoms with E-state index in [1.165, 1.54) is 0 Å². The number of ketones is 1. The number of nitrogens with zero attached hydrogens (tertiary/aromatic N) is 3. The summed E-state index contributed by atoms with van der Waals surface area (Å²) in [5, 5.41) is 17.0. The van der Waals surface area contributed by atoms with Crippen LogP contribution in [0, 0.1) is 17.2 Å². The second-order valence-corrected chi connectivity index (χ2v) is 7.90. The van der Waals surface area contributed by atoms with Gasteiger partial charge in [0.1, 0.15) is 17.5 Å². The molecule has 7 nitrogen and oxygen atoms in total. The van der Waals surface area contributed by atoms with Gasteiger partial charge in [0.15, 0.2) is 5.92 Å². The van der Waals surface area contributed by atoms with Gasteiger partial charge >= 0.3 is 0 Å². The maximum absolute atomic E-state index is 13.6. The molecule has 0 spiro atoms. The molecule has 2 heterocycles. The number of carbonyl (C=O) groups excluding carboxylic acids is 2. The van der Waals surface area contributed by atoms with E-state index in [2.05, 4.69) is 10.4 Å². The molecule has 0 bridgehead atoms. The van der Waals surface area contributed by atoms with Gasteiger partial charge in [-0.2, -0.15) is 10.4 Å². The molecule has 166 valence electrons. The van der Waals surface area contributed by atoms with Gasteiger partial charge in [0, 0.05) is 16.8 Å². The van der Waals surface area contributed by atoms with Crippen molar-refractivity contribution in [3.63, 3.8) is 0 Å². The van der Waals surface area contributed by atoms with Gasteiger partial charge in [-0.05, 0) is 43.3 Å². The normalized spacial score (nSPS) is 14.6. The quantitative estimate of drug-likeness (QED) is 0.344. The summed E-state index contributed by atoms with van der Waals surface area (Å²) in [6.07, 6.45) is -0.502. The Labute approximate surface area is 196 Å². The maximum atomic E-state index is 13.6. The molecule has 1 aromatic heterocycles. The van der Waals surface area contributed by atoms with Gasteiger partial charge in [-0.25, -0.2) is 4.68 Å². The summed E-state index contributed by atoms with van der Waals surface area (Å²) < 4.78 is 7.76. The number of nitrogens with one attached hydrogen (secondary N) is 1. The van der Waals surface area contributed by atoms with Gasteiger partial charge in [-0.3, -0.25) is 9.59 Å². The van der Waals surface area contributed by atoms with Gasteiger partial charge in [0.2, 0.25) is 11.7 Å². The van der Waals surface area contributed by atoms with E-state index in [0.717, 1.165) is 11.3 Å². The smallest absolute Gasteiger partial charge is 0.249 e. The van der Waals surface area contributed by atoms with Gasteiger partial charge in [-0.1, -0.05) is 48.5 Å². The molecule has 1 amide bonds. The van der Waals surface area contributed by atoms with Crippen molar-refractivity contribution < 1.29 is 14.3 Å². The highest BCUT2D eigenvalue weighted by molar-refractivity contribution is 6.16. The maximum Gasteiger partial charge on any atom is 0.249 e. The predicted octanol–water partition coefficient (Wildman–Crippen LogP) is 4.95. The largest absolute Gasteiger partial charge is 0.485 e. The number of para-hydroxylation sites is 3. The molecule has 0 aliphatic carbocycles. The fraction of sp³-hybridized carbons (Fsp3) is 0.111. The van der Waals surface area contributed by atoms with Crippen molar-refractivity contribution >= 4 is 17.4 Å². The van der Waals surface area contributed by atoms with Gasteiger partial charge in [-0.15, -0.1) is 0 Å². The lowest BCUT2D eigenvalue weighted by atomic mass is 9.93. The predicted molar refractivity (Wildman–Crippen MR) is 127 cm³/mol. The number of fused-ring (bicyclic) bond motifs is 3. The van der Waals surface area contributed by atoms with Crippen molar-refractivity contribution in [1.82, 2.24) is 9.78 Å². The molecule has 0 radical (unpaired) electrons. The van der Waals surface area contributed by atoms with Crippen LogP contribution in [0.15, 0.2) is 84.9 Å². The topological polar surface area (TPSA) is 97.0 Å². The number of nitriles is 1. The summed E-state index contributed by atoms with van der Waals surface area (Å²) in [7, 11) is 0. The SMILES string of the molecule is CC1Oc2ccccc2-c2c1c(C(=O)C(C#N)C(=O)Nc1ccccc1)nn2-c1ccccc1. The number of ether oxygens (including phenoxy) is 1. The van der Waals surface area contributed by atoms with Crippen molar-refractivity contribution in [2.75, 3.05) is 5.32 Å². The Kier molecular flexibility index (Phi) is 5.40. The van der Waals surface area contributed by atoms with Crippen molar-refractivity contribution in [1.29, 1.82) is 5.26 Å². The molecule has 5 rings (SSSR count). The summed E-state index contributed by atoms with van der Waals surface area (Å²) in [5.74, 6) is -2.26. The second-order valence-electron chi connectivity index (χ2n) is 7.90. The fourth-order valence-corrected chi connectivity index (χ4v) is 4.14. The van der Waals surface area contributed by atoms with E-state index >= 15 is 0 Å². The first-order valence-corrected chi connectivity index (χ1v) is 10.8. The third-order valence-corrected chi connectivity index (χ3v) is 5.70. The summed E-state index contributed by atoms with van der Waals surface area (Å²) in [6, 6.07) is 27.5. The molecule has 0 saturated heterocycles. The van der Waals surface area contributed by atoms with Crippen molar-refractivity contribution in [2.45, 2.75) is 13.0 Å². The lowest BCUT2D eigenvalue weighted by Gasteiger charge is -2.25. The Morgan fingerprint density at radius 1 is 1.00 bits per heavy atom. The average molecular weight is 448 g/mol. The number of anilines is 1. The molecule has 0 saturated carbocycles. The first-order chi connectivity index (χ1) is 16.6. The zero-order chi connectivity index (χ0) is 23.7. The molecule has 0 fully saturated rings. The summed E-state index contributed by atoms with van der Waals surface area (Å²) in [5.41, 5.74) is 3.36. The van der Waals surface area contributed by atoms with Gasteiger partial charge in [0.25, 0.3) is 0 Å². The van der Waals surface area contributed by atoms with E-state index < -0.39 is 23.7 Å². The minimum absolute atomic E-state index is 0.0515. The molecule has 1 N–H and O–H groups in total. The second kappa shape index (κ2) is 8.68. The van der Waals surface area contributed by atoms with E-state index in [0.29, 0.717) is 22.7 Å². The Hall–Kier alpha value is -4.70. The number of amides is 1. The minimum atomic E-state index is -1.56. The number of aromatic nitrogens is 2. The Morgan fingerprint density at radius 3 is 2.35 bits per heavy atom. The molecular formula is C27H20N4O3. The number of benzene rings is 3. The van der Waals surface area contributed by atoms with Crippen LogP contribution in [0.1, 0.15) is 29.1 Å². The highest BCUT2D eigenvalue weighted by Gasteiger charge is 2.38. The van der Waals surface area contributed by atoms with E-state index in [9.17, 15) is 14.9 Å². The number of Topliss-reactive ketones (excluding diaryl/α,β-unsaturated/α-hetero) is 1. The van der Waals surface area contributed by atoms with Gasteiger partial charge < -0.3 is 10.1 Å². The molecule has 34 heavy (non-hydrogen) atoms. The lowest BCUT2D eigenvalue weighted by Crippen LogP contribution is -2.30. The third kappa shape index (κ3) is 3.61. The van der Waals surface area contributed by atoms with E-state index in [1.54, 1.807) is 28.9 Å². The van der Waals surface area contributed by atoms with Crippen LogP contribution >= 0.6 is 0 Å². The van der Waals surface area contributed by atoms with E-state index in [-0.39, 0.29) is 5.69 Å². The fourth-order valence-electron chi connectivity index (χ4n) is 4.14. The Balaban J connectivity index is 1.63. The summed E-state index contributed by atoms with van der Waals surface area (Å²) in [4.78, 5) is 26.4. The molecule has 2 unspecified atom stereocenters. The van der Waals surface area contributed by atoms with Crippen LogP contribution in [-0.2, 0) is 4.79 Å². The van der Waals surface area contributed by atoms with Crippen LogP contribution in [0.3, 0.4) is 0 Å². The van der Waals surface area contributed by atoms with Crippen LogP contribution in [-0.4, -0.2) is 21.5 Å². The summed E-state index contributed by atoms with van der Waals surface area (Å²) >= 11 is 0. The minimum Gasteiger partial charge on any atom is -0.485 e. The third-order valence-electron chi connectivity index (χ3n) is 5.70. The molecule has 1 aliphatic heterocycles. The molecule has 2 atom stereocenters. The first kappa shape index (κ1) is 21.2. The zero-order valence-corrected chi connectivity index (χ0v) is 18.3. The van der Waals surface area contributed by atoms with Crippen LogP contribution in [0.5, 0.6) is 5.75 Å². The molecular weight excluding hydrogens is 428 g/mol. The number of hydrogen-bond acceptors (Lipinski definition) is 5. The van der Waals surface area contributed by atoms with Crippen LogP contribution in [0.2, 0.25) is 0 Å². The van der Waals surface area contributed by atoms with Crippen LogP contribution < -0.4 is 10.1 Å². The van der Waals surface area contributed by atoms with Crippen molar-refractivity contribution in [2.24, 2.45) is 5.92 Å². The van der Waals surface area contributed by atoms with Crippen LogP contribution in [0.4, 0.5) is 5.69 Å². The highest BCUT2D eigenvalue weighted by atomic mass is 16.5. The molecule has 7 heteroatoms. The molecule has 4 aromatic rings. The Morgan fingerprint density at radius 2 is 1.65 bits per heavy atom.